The molecule has 19 heavy (non-hydrogen) atoms. The highest BCUT2D eigenvalue weighted by atomic mass is 35.5. The first kappa shape index (κ1) is 14.4. The standard InChI is InChI=1S/C12H14ClF3N2O/c13-8-5-7(12(14,15)16)6-17-11(8)18-9-3-1-2-4-10(9)19/h5-6,9-10,19H,1-4H2,(H,17,18). The monoisotopic (exact) mass is 294 g/mol. The molecule has 0 saturated heterocycles. The van der Waals surface area contributed by atoms with E-state index in [0.29, 0.717) is 6.42 Å². The average molecular weight is 295 g/mol. The third-order valence-electron chi connectivity index (χ3n) is 3.22. The maximum atomic E-state index is 12.5. The lowest BCUT2D eigenvalue weighted by molar-refractivity contribution is -0.137. The van der Waals surface area contributed by atoms with Gasteiger partial charge in [-0.25, -0.2) is 4.98 Å². The van der Waals surface area contributed by atoms with Crippen molar-refractivity contribution in [3.63, 3.8) is 0 Å². The number of aliphatic hydroxyl groups excluding tert-OH is 1. The van der Waals surface area contributed by atoms with Gasteiger partial charge in [-0.3, -0.25) is 0 Å². The number of nitrogens with one attached hydrogen (secondary N) is 1. The lowest BCUT2D eigenvalue weighted by Crippen LogP contribution is -2.36. The molecule has 3 nitrogen and oxygen atoms in total. The van der Waals surface area contributed by atoms with Gasteiger partial charge in [0.05, 0.1) is 22.7 Å². The second kappa shape index (κ2) is 5.54. The van der Waals surface area contributed by atoms with Gasteiger partial charge in [0.1, 0.15) is 5.82 Å². The number of aliphatic hydroxyl groups is 1. The van der Waals surface area contributed by atoms with E-state index in [-0.39, 0.29) is 16.9 Å². The SMILES string of the molecule is OC1CCCCC1Nc1ncc(C(F)(F)F)cc1Cl. The Morgan fingerprint density at radius 3 is 2.58 bits per heavy atom. The van der Waals surface area contributed by atoms with Crippen LogP contribution in [-0.4, -0.2) is 22.2 Å². The van der Waals surface area contributed by atoms with E-state index >= 15 is 0 Å². The van der Waals surface area contributed by atoms with Crippen LogP contribution < -0.4 is 5.32 Å². The topological polar surface area (TPSA) is 45.1 Å². The Morgan fingerprint density at radius 2 is 2.00 bits per heavy atom. The first-order valence-electron chi connectivity index (χ1n) is 6.05. The van der Waals surface area contributed by atoms with Crippen molar-refractivity contribution >= 4 is 17.4 Å². The predicted octanol–water partition coefficient (Wildman–Crippen LogP) is 3.47. The van der Waals surface area contributed by atoms with Crippen molar-refractivity contribution in [3.8, 4) is 0 Å². The number of aromatic nitrogens is 1. The van der Waals surface area contributed by atoms with Crippen LogP contribution in [0.1, 0.15) is 31.2 Å². The third-order valence-corrected chi connectivity index (χ3v) is 3.51. The minimum atomic E-state index is -4.46. The Bertz CT molecular complexity index is 453. The number of alkyl halides is 3. The summed E-state index contributed by atoms with van der Waals surface area (Å²) in [6, 6.07) is 0.627. The van der Waals surface area contributed by atoms with Crippen molar-refractivity contribution in [2.24, 2.45) is 0 Å². The molecular weight excluding hydrogens is 281 g/mol. The number of anilines is 1. The van der Waals surface area contributed by atoms with Gasteiger partial charge in [-0.2, -0.15) is 13.2 Å². The number of nitrogens with zero attached hydrogens (tertiary/aromatic N) is 1. The summed E-state index contributed by atoms with van der Waals surface area (Å²) in [5.41, 5.74) is -0.882. The van der Waals surface area contributed by atoms with Crippen molar-refractivity contribution < 1.29 is 18.3 Å². The van der Waals surface area contributed by atoms with Crippen molar-refractivity contribution in [2.75, 3.05) is 5.32 Å². The minimum Gasteiger partial charge on any atom is -0.391 e. The van der Waals surface area contributed by atoms with Gasteiger partial charge in [0.2, 0.25) is 0 Å². The molecule has 0 bridgehead atoms. The molecular formula is C12H14ClF3N2O. The van der Waals surface area contributed by atoms with E-state index in [0.717, 1.165) is 31.5 Å². The average Bonchev–Trinajstić information content (AvgIpc) is 2.33. The van der Waals surface area contributed by atoms with Crippen LogP contribution in [0, 0.1) is 0 Å². The summed E-state index contributed by atoms with van der Waals surface area (Å²) in [5, 5.41) is 12.6. The summed E-state index contributed by atoms with van der Waals surface area (Å²) in [5.74, 6) is 0.181. The molecule has 1 aliphatic rings. The molecule has 0 radical (unpaired) electrons. The van der Waals surface area contributed by atoms with Crippen molar-refractivity contribution in [1.82, 2.24) is 4.98 Å². The number of pyridine rings is 1. The minimum absolute atomic E-state index is 0.0902. The first-order valence-corrected chi connectivity index (χ1v) is 6.43. The van der Waals surface area contributed by atoms with Gasteiger partial charge in [-0.05, 0) is 18.9 Å². The fourth-order valence-corrected chi connectivity index (χ4v) is 2.38. The van der Waals surface area contributed by atoms with E-state index < -0.39 is 17.8 Å². The summed E-state index contributed by atoms with van der Waals surface area (Å²) < 4.78 is 37.4. The van der Waals surface area contributed by atoms with E-state index in [9.17, 15) is 18.3 Å². The first-order chi connectivity index (χ1) is 8.88. The normalized spacial score (nSPS) is 24.3. The lowest BCUT2D eigenvalue weighted by Gasteiger charge is -2.29. The fraction of sp³-hybridized carbons (Fsp3) is 0.583. The highest BCUT2D eigenvalue weighted by molar-refractivity contribution is 6.33. The molecule has 1 aromatic rings. The van der Waals surface area contributed by atoms with Crippen LogP contribution in [0.3, 0.4) is 0 Å². The Kier molecular flexibility index (Phi) is 4.20. The zero-order valence-electron chi connectivity index (χ0n) is 10.0. The summed E-state index contributed by atoms with van der Waals surface area (Å²) in [6.45, 7) is 0. The number of hydrogen-bond donors (Lipinski definition) is 2. The van der Waals surface area contributed by atoms with E-state index in [1.54, 1.807) is 0 Å². The maximum Gasteiger partial charge on any atom is 0.417 e. The second-order valence-electron chi connectivity index (χ2n) is 4.65. The van der Waals surface area contributed by atoms with E-state index in [4.69, 9.17) is 11.6 Å². The largest absolute Gasteiger partial charge is 0.417 e. The molecule has 1 heterocycles. The van der Waals surface area contributed by atoms with Crippen LogP contribution in [0.2, 0.25) is 5.02 Å². The zero-order chi connectivity index (χ0) is 14.0. The van der Waals surface area contributed by atoms with Crippen LogP contribution in [-0.2, 0) is 6.18 Å². The Labute approximate surface area is 113 Å². The Balaban J connectivity index is 2.13. The van der Waals surface area contributed by atoms with E-state index in [1.165, 1.54) is 0 Å². The van der Waals surface area contributed by atoms with Gasteiger partial charge in [0.25, 0.3) is 0 Å². The van der Waals surface area contributed by atoms with E-state index in [1.807, 2.05) is 0 Å². The molecule has 0 aliphatic heterocycles. The van der Waals surface area contributed by atoms with Crippen LogP contribution in [0.4, 0.5) is 19.0 Å². The smallest absolute Gasteiger partial charge is 0.391 e. The lowest BCUT2D eigenvalue weighted by atomic mass is 9.92. The van der Waals surface area contributed by atoms with Gasteiger partial charge in [0, 0.05) is 6.20 Å². The quantitative estimate of drug-likeness (QED) is 0.878. The van der Waals surface area contributed by atoms with Crippen molar-refractivity contribution in [2.45, 2.75) is 44.0 Å². The highest BCUT2D eigenvalue weighted by Gasteiger charge is 2.32. The van der Waals surface area contributed by atoms with Gasteiger partial charge in [-0.15, -0.1) is 0 Å². The molecule has 0 aromatic carbocycles. The summed E-state index contributed by atoms with van der Waals surface area (Å²) in [6.07, 6.45) is -0.895. The molecule has 2 rings (SSSR count). The molecule has 106 valence electrons. The fourth-order valence-electron chi connectivity index (χ4n) is 2.15. The maximum absolute atomic E-state index is 12.5. The summed E-state index contributed by atoms with van der Waals surface area (Å²) in [7, 11) is 0. The van der Waals surface area contributed by atoms with Gasteiger partial charge >= 0.3 is 6.18 Å². The van der Waals surface area contributed by atoms with E-state index in [2.05, 4.69) is 10.3 Å². The Morgan fingerprint density at radius 1 is 1.32 bits per heavy atom. The molecule has 2 atom stereocenters. The second-order valence-corrected chi connectivity index (χ2v) is 5.06. The van der Waals surface area contributed by atoms with Crippen LogP contribution in [0.5, 0.6) is 0 Å². The molecule has 2 unspecified atom stereocenters. The number of hydrogen-bond acceptors (Lipinski definition) is 3. The summed E-state index contributed by atoms with van der Waals surface area (Å²) in [4.78, 5) is 3.70. The Hall–Kier alpha value is -1.01. The van der Waals surface area contributed by atoms with Crippen LogP contribution >= 0.6 is 11.6 Å². The molecule has 1 saturated carbocycles. The highest BCUT2D eigenvalue weighted by Crippen LogP contribution is 2.33. The van der Waals surface area contributed by atoms with Crippen molar-refractivity contribution in [1.29, 1.82) is 0 Å². The van der Waals surface area contributed by atoms with Crippen molar-refractivity contribution in [3.05, 3.63) is 22.8 Å². The molecule has 2 N–H and O–H groups in total. The predicted molar refractivity (Wildman–Crippen MR) is 66.1 cm³/mol. The van der Waals surface area contributed by atoms with Gasteiger partial charge in [-0.1, -0.05) is 24.4 Å². The molecule has 7 heteroatoms. The van der Waals surface area contributed by atoms with Gasteiger partial charge in [0.15, 0.2) is 0 Å². The van der Waals surface area contributed by atoms with Crippen LogP contribution in [0.15, 0.2) is 12.3 Å². The molecule has 0 amide bonds. The molecule has 0 spiro atoms. The molecule has 1 aliphatic carbocycles. The number of halogens is 4. The summed E-state index contributed by atoms with van der Waals surface area (Å²) >= 11 is 5.80. The number of rotatable bonds is 2. The molecule has 1 aromatic heterocycles. The van der Waals surface area contributed by atoms with Gasteiger partial charge < -0.3 is 10.4 Å². The molecule has 1 fully saturated rings. The zero-order valence-corrected chi connectivity index (χ0v) is 10.8. The third kappa shape index (κ3) is 3.51. The van der Waals surface area contributed by atoms with Crippen LogP contribution in [0.25, 0.3) is 0 Å².